The van der Waals surface area contributed by atoms with E-state index in [0.29, 0.717) is 60.4 Å². The molecule has 0 unspecified atom stereocenters. The average Bonchev–Trinajstić information content (AvgIpc) is 2.87. The Morgan fingerprint density at radius 1 is 0.757 bits per heavy atom. The fourth-order valence-corrected chi connectivity index (χ4v) is 3.69. The molecule has 0 atom stereocenters. The minimum absolute atomic E-state index is 0.108. The minimum atomic E-state index is -0.424. The van der Waals surface area contributed by atoms with Crippen molar-refractivity contribution in [2.45, 2.75) is 27.2 Å². The number of carbonyl (C=O) groups excluding carboxylic acids is 2. The van der Waals surface area contributed by atoms with E-state index in [1.54, 1.807) is 36.4 Å². The Morgan fingerprint density at radius 3 is 1.84 bits per heavy atom. The summed E-state index contributed by atoms with van der Waals surface area (Å²) in [6.07, 6.45) is 0.290. The molecule has 0 bridgehead atoms. The Morgan fingerprint density at radius 2 is 1.30 bits per heavy atom. The van der Waals surface area contributed by atoms with Crippen LogP contribution in [0.5, 0.6) is 17.2 Å². The molecule has 37 heavy (non-hydrogen) atoms. The molecule has 3 aromatic carbocycles. The first-order valence-corrected chi connectivity index (χ1v) is 12.5. The Labute approximate surface area is 222 Å². The second-order valence-corrected chi connectivity index (χ2v) is 8.21. The molecule has 0 fully saturated rings. The predicted molar refractivity (Wildman–Crippen MR) is 149 cm³/mol. The lowest BCUT2D eigenvalue weighted by atomic mass is 10.1. The Hall–Kier alpha value is -4.11. The van der Waals surface area contributed by atoms with Crippen molar-refractivity contribution < 1.29 is 23.8 Å². The van der Waals surface area contributed by atoms with E-state index in [-0.39, 0.29) is 11.0 Å². The van der Waals surface area contributed by atoms with Crippen molar-refractivity contribution in [3.05, 3.63) is 77.9 Å². The molecule has 0 aliphatic rings. The van der Waals surface area contributed by atoms with Crippen LogP contribution in [0.15, 0.2) is 66.7 Å². The summed E-state index contributed by atoms with van der Waals surface area (Å²) in [4.78, 5) is 25.2. The van der Waals surface area contributed by atoms with Gasteiger partial charge in [0.1, 0.15) is 0 Å². The molecule has 0 saturated carbocycles. The van der Waals surface area contributed by atoms with E-state index in [2.05, 4.69) is 16.0 Å². The third-order valence-corrected chi connectivity index (χ3v) is 5.24. The predicted octanol–water partition coefficient (Wildman–Crippen LogP) is 5.19. The van der Waals surface area contributed by atoms with Crippen LogP contribution < -0.4 is 30.2 Å². The minimum Gasteiger partial charge on any atom is -0.490 e. The van der Waals surface area contributed by atoms with E-state index in [4.69, 9.17) is 26.4 Å². The van der Waals surface area contributed by atoms with Crippen molar-refractivity contribution in [2.24, 2.45) is 0 Å². The van der Waals surface area contributed by atoms with Gasteiger partial charge < -0.3 is 24.8 Å². The number of hydrogen-bond acceptors (Lipinski definition) is 6. The molecular weight excluding hydrogens is 490 g/mol. The van der Waals surface area contributed by atoms with E-state index < -0.39 is 5.91 Å². The van der Waals surface area contributed by atoms with Gasteiger partial charge in [-0.1, -0.05) is 30.3 Å². The number of anilines is 2. The summed E-state index contributed by atoms with van der Waals surface area (Å²) < 4.78 is 17.0. The number of nitrogens with one attached hydrogen (secondary N) is 3. The normalized spacial score (nSPS) is 10.2. The molecule has 3 aromatic rings. The van der Waals surface area contributed by atoms with Crippen molar-refractivity contribution in [3.8, 4) is 17.2 Å². The van der Waals surface area contributed by atoms with E-state index in [9.17, 15) is 9.59 Å². The highest BCUT2D eigenvalue weighted by molar-refractivity contribution is 7.80. The summed E-state index contributed by atoms with van der Waals surface area (Å²) >= 11 is 5.32. The van der Waals surface area contributed by atoms with Crippen LogP contribution in [0.3, 0.4) is 0 Å². The van der Waals surface area contributed by atoms with Crippen molar-refractivity contribution in [1.82, 2.24) is 5.32 Å². The number of carbonyl (C=O) groups is 2. The molecule has 8 nitrogen and oxygen atoms in total. The molecule has 0 aromatic heterocycles. The third kappa shape index (κ3) is 8.22. The van der Waals surface area contributed by atoms with Crippen LogP contribution in [-0.4, -0.2) is 36.7 Å². The van der Waals surface area contributed by atoms with E-state index >= 15 is 0 Å². The van der Waals surface area contributed by atoms with Crippen LogP contribution in [0.2, 0.25) is 0 Å². The Kier molecular flexibility index (Phi) is 10.3. The van der Waals surface area contributed by atoms with Gasteiger partial charge >= 0.3 is 0 Å². The summed E-state index contributed by atoms with van der Waals surface area (Å²) in [5, 5.41) is 8.63. The quantitative estimate of drug-likeness (QED) is 0.299. The van der Waals surface area contributed by atoms with Crippen LogP contribution >= 0.6 is 12.2 Å². The average molecular weight is 522 g/mol. The highest BCUT2D eigenvalue weighted by atomic mass is 32.1. The van der Waals surface area contributed by atoms with Gasteiger partial charge in [0, 0.05) is 16.9 Å². The van der Waals surface area contributed by atoms with Gasteiger partial charge in [-0.3, -0.25) is 14.9 Å². The van der Waals surface area contributed by atoms with Crippen molar-refractivity contribution in [1.29, 1.82) is 0 Å². The van der Waals surface area contributed by atoms with E-state index in [1.807, 2.05) is 51.1 Å². The monoisotopic (exact) mass is 521 g/mol. The first kappa shape index (κ1) is 27.5. The number of thiocarbonyl (C=S) groups is 1. The SMILES string of the molecule is CCOc1cc(C(=O)NC(=S)Nc2ccc(NC(=O)Cc3ccccc3)cc2)cc(OCC)c1OCC. The number of rotatable bonds is 11. The molecule has 0 radical (unpaired) electrons. The topological polar surface area (TPSA) is 97.9 Å². The highest BCUT2D eigenvalue weighted by Gasteiger charge is 2.19. The van der Waals surface area contributed by atoms with Crippen LogP contribution in [-0.2, 0) is 11.2 Å². The largest absolute Gasteiger partial charge is 0.490 e. The van der Waals surface area contributed by atoms with Gasteiger partial charge in [-0.25, -0.2) is 0 Å². The summed E-state index contributed by atoms with van der Waals surface area (Å²) in [5.74, 6) is 0.767. The van der Waals surface area contributed by atoms with Crippen molar-refractivity contribution in [2.75, 3.05) is 30.5 Å². The first-order chi connectivity index (χ1) is 17.9. The number of amides is 2. The van der Waals surface area contributed by atoms with Crippen molar-refractivity contribution >= 4 is 40.5 Å². The van der Waals surface area contributed by atoms with Gasteiger partial charge in [0.2, 0.25) is 11.7 Å². The molecule has 0 spiro atoms. The van der Waals surface area contributed by atoms with Gasteiger partial charge in [-0.15, -0.1) is 0 Å². The maximum absolute atomic E-state index is 12.9. The van der Waals surface area contributed by atoms with E-state index in [1.165, 1.54) is 0 Å². The van der Waals surface area contributed by atoms with Gasteiger partial charge in [-0.2, -0.15) is 0 Å². The lowest BCUT2D eigenvalue weighted by Gasteiger charge is -2.17. The molecule has 0 aliphatic carbocycles. The maximum atomic E-state index is 12.9. The summed E-state index contributed by atoms with van der Waals surface area (Å²) in [6.45, 7) is 6.79. The summed E-state index contributed by atoms with van der Waals surface area (Å²) in [5.41, 5.74) is 2.57. The third-order valence-electron chi connectivity index (χ3n) is 5.03. The molecule has 9 heteroatoms. The number of benzene rings is 3. The Bertz CT molecular complexity index is 1190. The molecule has 3 N–H and O–H groups in total. The summed E-state index contributed by atoms with van der Waals surface area (Å²) in [6, 6.07) is 19.7. The van der Waals surface area contributed by atoms with Crippen LogP contribution in [0.1, 0.15) is 36.7 Å². The van der Waals surface area contributed by atoms with Gasteiger partial charge in [0.05, 0.1) is 26.2 Å². The number of ether oxygens (including phenoxy) is 3. The summed E-state index contributed by atoms with van der Waals surface area (Å²) in [7, 11) is 0. The standard InChI is InChI=1S/C28H31N3O5S/c1-4-34-23-17-20(18-24(35-5-2)26(23)36-6-3)27(33)31-28(37)30-22-14-12-21(13-15-22)29-25(32)16-19-10-8-7-9-11-19/h7-15,17-18H,4-6,16H2,1-3H3,(H,29,32)(H2,30,31,33,37). The van der Waals surface area contributed by atoms with E-state index in [0.717, 1.165) is 5.56 Å². The lowest BCUT2D eigenvalue weighted by Crippen LogP contribution is -2.34. The molecule has 194 valence electrons. The molecule has 0 heterocycles. The fourth-order valence-electron chi connectivity index (χ4n) is 3.48. The van der Waals surface area contributed by atoms with Crippen molar-refractivity contribution in [3.63, 3.8) is 0 Å². The zero-order valence-electron chi connectivity index (χ0n) is 21.1. The van der Waals surface area contributed by atoms with Gasteiger partial charge in [0.15, 0.2) is 16.6 Å². The zero-order valence-corrected chi connectivity index (χ0v) is 21.9. The highest BCUT2D eigenvalue weighted by Crippen LogP contribution is 2.39. The second kappa shape index (κ2) is 13.8. The first-order valence-electron chi connectivity index (χ1n) is 12.1. The Balaban J connectivity index is 1.61. The van der Waals surface area contributed by atoms with Crippen LogP contribution in [0.25, 0.3) is 0 Å². The smallest absolute Gasteiger partial charge is 0.257 e. The second-order valence-electron chi connectivity index (χ2n) is 7.80. The van der Waals surface area contributed by atoms with Crippen LogP contribution in [0, 0.1) is 0 Å². The fraction of sp³-hybridized carbons (Fsp3) is 0.250. The molecule has 2 amide bonds. The van der Waals surface area contributed by atoms with Gasteiger partial charge in [-0.05, 0) is 75.0 Å². The van der Waals surface area contributed by atoms with Crippen LogP contribution in [0.4, 0.5) is 11.4 Å². The molecule has 0 aliphatic heterocycles. The lowest BCUT2D eigenvalue weighted by molar-refractivity contribution is -0.115. The molecular formula is C28H31N3O5S. The molecule has 3 rings (SSSR count). The molecule has 0 saturated heterocycles. The zero-order chi connectivity index (χ0) is 26.6. The number of hydrogen-bond donors (Lipinski definition) is 3. The van der Waals surface area contributed by atoms with Gasteiger partial charge in [0.25, 0.3) is 5.91 Å². The maximum Gasteiger partial charge on any atom is 0.257 e.